The van der Waals surface area contributed by atoms with E-state index >= 15 is 0 Å². The van der Waals surface area contributed by atoms with Crippen LogP contribution in [0, 0.1) is 0 Å². The molecule has 0 radical (unpaired) electrons. The van der Waals surface area contributed by atoms with E-state index in [0.717, 1.165) is 19.6 Å². The minimum atomic E-state index is -1.23. The van der Waals surface area contributed by atoms with E-state index in [1.807, 2.05) is 0 Å². The number of hydrogen-bond acceptors (Lipinski definition) is 4. The maximum Gasteiger partial charge on any atom is 0.328 e. The average Bonchev–Trinajstić information content (AvgIpc) is 2.35. The van der Waals surface area contributed by atoms with Gasteiger partial charge in [-0.1, -0.05) is 6.92 Å². The molecule has 7 nitrogen and oxygen atoms in total. The molecule has 1 fully saturated rings. The van der Waals surface area contributed by atoms with E-state index in [4.69, 9.17) is 10.2 Å². The third-order valence-electron chi connectivity index (χ3n) is 2.89. The fourth-order valence-electron chi connectivity index (χ4n) is 1.69. The number of aliphatic hydroxyl groups is 1. The molecule has 0 spiro atoms. The van der Waals surface area contributed by atoms with Crippen LogP contribution in [0.3, 0.4) is 0 Å². The van der Waals surface area contributed by atoms with Crippen LogP contribution in [0.2, 0.25) is 0 Å². The zero-order valence-corrected chi connectivity index (χ0v) is 9.93. The van der Waals surface area contributed by atoms with Gasteiger partial charge in [-0.3, -0.25) is 0 Å². The molecule has 3 N–H and O–H groups in total. The van der Waals surface area contributed by atoms with E-state index in [9.17, 15) is 9.59 Å². The number of carboxylic acids is 1. The normalized spacial score (nSPS) is 18.8. The zero-order chi connectivity index (χ0) is 12.8. The summed E-state index contributed by atoms with van der Waals surface area (Å²) in [5, 5.41) is 19.8. The van der Waals surface area contributed by atoms with Gasteiger partial charge in [0.1, 0.15) is 0 Å². The molecule has 0 aromatic rings. The van der Waals surface area contributed by atoms with Gasteiger partial charge in [0.2, 0.25) is 0 Å². The Kier molecular flexibility index (Phi) is 5.17. The fraction of sp³-hybridized carbons (Fsp3) is 0.800. The molecule has 1 heterocycles. The maximum atomic E-state index is 11.7. The molecule has 1 aliphatic heterocycles. The molecule has 1 rings (SSSR count). The van der Waals surface area contributed by atoms with Crippen molar-refractivity contribution in [3.05, 3.63) is 0 Å². The molecule has 1 saturated heterocycles. The molecule has 2 amide bonds. The van der Waals surface area contributed by atoms with Gasteiger partial charge < -0.3 is 25.3 Å². The number of piperazine rings is 1. The SMILES string of the molecule is CCN1CCN(C(=O)N[C@@H](CO)C(=O)O)CC1. The van der Waals surface area contributed by atoms with Crippen molar-refractivity contribution >= 4 is 12.0 Å². The van der Waals surface area contributed by atoms with Crippen LogP contribution >= 0.6 is 0 Å². The highest BCUT2D eigenvalue weighted by atomic mass is 16.4. The molecule has 7 heteroatoms. The molecular formula is C10H19N3O4. The lowest BCUT2D eigenvalue weighted by Gasteiger charge is -2.34. The van der Waals surface area contributed by atoms with E-state index in [1.54, 1.807) is 4.90 Å². The molecule has 0 aromatic carbocycles. The Morgan fingerprint density at radius 3 is 2.29 bits per heavy atom. The van der Waals surface area contributed by atoms with Gasteiger partial charge in [0.15, 0.2) is 6.04 Å². The van der Waals surface area contributed by atoms with Gasteiger partial charge >= 0.3 is 12.0 Å². The van der Waals surface area contributed by atoms with E-state index in [1.165, 1.54) is 0 Å². The van der Waals surface area contributed by atoms with Crippen molar-refractivity contribution < 1.29 is 19.8 Å². The quantitative estimate of drug-likeness (QED) is 0.577. The monoisotopic (exact) mass is 245 g/mol. The molecule has 98 valence electrons. The van der Waals surface area contributed by atoms with Gasteiger partial charge in [0, 0.05) is 26.2 Å². The minimum absolute atomic E-state index is 0.429. The van der Waals surface area contributed by atoms with Crippen LogP contribution in [-0.2, 0) is 4.79 Å². The second-order valence-corrected chi connectivity index (χ2v) is 3.94. The van der Waals surface area contributed by atoms with E-state index < -0.39 is 24.6 Å². The van der Waals surface area contributed by atoms with Crippen molar-refractivity contribution in [2.75, 3.05) is 39.3 Å². The molecule has 0 bridgehead atoms. The fourth-order valence-corrected chi connectivity index (χ4v) is 1.69. The predicted molar refractivity (Wildman–Crippen MR) is 60.7 cm³/mol. The lowest BCUT2D eigenvalue weighted by Crippen LogP contribution is -2.55. The topological polar surface area (TPSA) is 93.1 Å². The molecule has 1 aliphatic rings. The number of carbonyl (C=O) groups is 2. The summed E-state index contributed by atoms with van der Waals surface area (Å²) in [6.45, 7) is 5.15. The number of nitrogens with zero attached hydrogens (tertiary/aromatic N) is 2. The largest absolute Gasteiger partial charge is 0.480 e. The van der Waals surface area contributed by atoms with Crippen molar-refractivity contribution in [1.29, 1.82) is 0 Å². The third-order valence-corrected chi connectivity index (χ3v) is 2.89. The van der Waals surface area contributed by atoms with Crippen LogP contribution in [0.1, 0.15) is 6.92 Å². The molecule has 17 heavy (non-hydrogen) atoms. The molecule has 1 atom stereocenters. The minimum Gasteiger partial charge on any atom is -0.480 e. The molecule has 0 unspecified atom stereocenters. The van der Waals surface area contributed by atoms with E-state index in [2.05, 4.69) is 17.1 Å². The van der Waals surface area contributed by atoms with Gasteiger partial charge in [0.25, 0.3) is 0 Å². The Balaban J connectivity index is 2.41. The van der Waals surface area contributed by atoms with Crippen LogP contribution in [0.25, 0.3) is 0 Å². The number of carboxylic acid groups (broad SMARTS) is 1. The van der Waals surface area contributed by atoms with E-state index in [-0.39, 0.29) is 0 Å². The van der Waals surface area contributed by atoms with Crippen LogP contribution in [0.15, 0.2) is 0 Å². The van der Waals surface area contributed by atoms with Crippen LogP contribution in [0.5, 0.6) is 0 Å². The second kappa shape index (κ2) is 6.41. The predicted octanol–water partition coefficient (Wildman–Crippen LogP) is -1.22. The first-order chi connectivity index (χ1) is 8.08. The van der Waals surface area contributed by atoms with Crippen molar-refractivity contribution in [3.63, 3.8) is 0 Å². The molecule has 0 saturated carbocycles. The lowest BCUT2D eigenvalue weighted by atomic mass is 10.3. The summed E-state index contributed by atoms with van der Waals surface area (Å²) in [5.41, 5.74) is 0. The van der Waals surface area contributed by atoms with Gasteiger partial charge in [0.05, 0.1) is 6.61 Å². The van der Waals surface area contributed by atoms with Crippen LogP contribution in [0.4, 0.5) is 4.79 Å². The Labute approximate surface area is 100.0 Å². The number of urea groups is 1. The summed E-state index contributed by atoms with van der Waals surface area (Å²) in [4.78, 5) is 26.1. The number of carbonyl (C=O) groups excluding carboxylic acids is 1. The zero-order valence-electron chi connectivity index (χ0n) is 9.93. The van der Waals surface area contributed by atoms with Crippen molar-refractivity contribution in [3.8, 4) is 0 Å². The van der Waals surface area contributed by atoms with Crippen molar-refractivity contribution in [1.82, 2.24) is 15.1 Å². The summed E-state index contributed by atoms with van der Waals surface area (Å²) in [6.07, 6.45) is 0. The Bertz CT molecular complexity index is 277. The van der Waals surface area contributed by atoms with Gasteiger partial charge in [-0.05, 0) is 6.54 Å². The number of rotatable bonds is 4. The Morgan fingerprint density at radius 1 is 1.29 bits per heavy atom. The highest BCUT2D eigenvalue weighted by Gasteiger charge is 2.24. The first-order valence-corrected chi connectivity index (χ1v) is 5.70. The van der Waals surface area contributed by atoms with Gasteiger partial charge in [-0.15, -0.1) is 0 Å². The molecule has 0 aliphatic carbocycles. The highest BCUT2D eigenvalue weighted by molar-refractivity contribution is 5.82. The summed E-state index contributed by atoms with van der Waals surface area (Å²) in [6, 6.07) is -1.66. The standard InChI is InChI=1S/C10H19N3O4/c1-2-12-3-5-13(6-4-12)10(17)11-8(7-14)9(15)16/h8,14H,2-7H2,1H3,(H,11,17)(H,15,16)/t8-/m0/s1. The smallest absolute Gasteiger partial charge is 0.328 e. The second-order valence-electron chi connectivity index (χ2n) is 3.94. The first kappa shape index (κ1) is 13.7. The van der Waals surface area contributed by atoms with Crippen molar-refractivity contribution in [2.24, 2.45) is 0 Å². The maximum absolute atomic E-state index is 11.7. The first-order valence-electron chi connectivity index (χ1n) is 5.70. The van der Waals surface area contributed by atoms with E-state index in [0.29, 0.717) is 13.1 Å². The lowest BCUT2D eigenvalue weighted by molar-refractivity contribution is -0.140. The average molecular weight is 245 g/mol. The number of nitrogens with one attached hydrogen (secondary N) is 1. The van der Waals surface area contributed by atoms with Gasteiger partial charge in [-0.25, -0.2) is 9.59 Å². The summed E-state index contributed by atoms with van der Waals surface area (Å²) in [7, 11) is 0. The number of likely N-dealkylation sites (N-methyl/N-ethyl adjacent to an activating group) is 1. The Hall–Kier alpha value is -1.34. The third kappa shape index (κ3) is 3.86. The Morgan fingerprint density at radius 2 is 1.88 bits per heavy atom. The number of aliphatic hydroxyl groups excluding tert-OH is 1. The summed E-state index contributed by atoms with van der Waals surface area (Å²) >= 11 is 0. The number of hydrogen-bond donors (Lipinski definition) is 3. The highest BCUT2D eigenvalue weighted by Crippen LogP contribution is 2.01. The van der Waals surface area contributed by atoms with Crippen LogP contribution in [-0.4, -0.2) is 77.4 Å². The number of aliphatic carboxylic acids is 1. The van der Waals surface area contributed by atoms with Crippen LogP contribution < -0.4 is 5.32 Å². The summed E-state index contributed by atoms with van der Waals surface area (Å²) in [5.74, 6) is -1.23. The summed E-state index contributed by atoms with van der Waals surface area (Å²) < 4.78 is 0. The molecule has 0 aromatic heterocycles. The van der Waals surface area contributed by atoms with Crippen molar-refractivity contribution in [2.45, 2.75) is 13.0 Å². The molecular weight excluding hydrogens is 226 g/mol. The van der Waals surface area contributed by atoms with Gasteiger partial charge in [-0.2, -0.15) is 0 Å². The number of amides is 2.